The molecule has 0 heterocycles. The molecule has 0 aliphatic heterocycles. The summed E-state index contributed by atoms with van der Waals surface area (Å²) in [4.78, 5) is 0.602. The Labute approximate surface area is 169 Å². The summed E-state index contributed by atoms with van der Waals surface area (Å²) in [6.07, 6.45) is 2.60. The molecule has 6 atom stereocenters. The number of hydrogen-bond donors (Lipinski definition) is 2. The monoisotopic (exact) mass is 428 g/mol. The van der Waals surface area contributed by atoms with E-state index in [9.17, 15) is 17.7 Å². The van der Waals surface area contributed by atoms with Gasteiger partial charge in [0.05, 0.1) is 31.9 Å². The molecule has 2 N–H and O–H groups in total. The molecule has 158 valence electrons. The van der Waals surface area contributed by atoms with E-state index in [0.29, 0.717) is 4.90 Å². The van der Waals surface area contributed by atoms with E-state index >= 15 is 0 Å². The molecule has 1 aromatic rings. The average molecular weight is 429 g/mol. The zero-order valence-corrected chi connectivity index (χ0v) is 18.7. The van der Waals surface area contributed by atoms with Crippen LogP contribution in [0.1, 0.15) is 46.5 Å². The van der Waals surface area contributed by atoms with E-state index in [-0.39, 0.29) is 11.8 Å². The van der Waals surface area contributed by atoms with E-state index in [2.05, 4.69) is 9.08 Å². The van der Waals surface area contributed by atoms with E-state index in [1.165, 1.54) is 7.05 Å². The van der Waals surface area contributed by atoms with Crippen molar-refractivity contribution in [3.63, 3.8) is 0 Å². The number of hydrogen-bond acceptors (Lipinski definition) is 5. The van der Waals surface area contributed by atoms with Gasteiger partial charge in [0.15, 0.2) is 0 Å². The third-order valence-corrected chi connectivity index (χ3v) is 11.3. The minimum Gasteiger partial charge on any atom is -0.390 e. The first-order valence-electron chi connectivity index (χ1n) is 9.92. The summed E-state index contributed by atoms with van der Waals surface area (Å²) >= 11 is 0. The SMILES string of the molecule is CN=[S@@](=O)(c1ccccc1)[C@H]1[C@@H](O)[C@@H](NS(=O)(=O)C(C)(C)C)[C@@H]2CCCC[C@@H]21. The quantitative estimate of drug-likeness (QED) is 0.771. The van der Waals surface area contributed by atoms with Crippen molar-refractivity contribution in [3.05, 3.63) is 30.3 Å². The van der Waals surface area contributed by atoms with Crippen LogP contribution in [0, 0.1) is 11.8 Å². The van der Waals surface area contributed by atoms with Gasteiger partial charge in [-0.25, -0.2) is 21.7 Å². The lowest BCUT2D eigenvalue weighted by Gasteiger charge is -2.32. The maximum atomic E-state index is 14.0. The fourth-order valence-corrected chi connectivity index (χ4v) is 8.39. The van der Waals surface area contributed by atoms with Crippen LogP contribution in [0.15, 0.2) is 39.6 Å². The van der Waals surface area contributed by atoms with Crippen molar-refractivity contribution in [2.75, 3.05) is 7.05 Å². The number of aliphatic hydroxyl groups excluding tert-OH is 1. The Morgan fingerprint density at radius 3 is 2.14 bits per heavy atom. The first-order chi connectivity index (χ1) is 13.0. The van der Waals surface area contributed by atoms with Crippen molar-refractivity contribution in [1.29, 1.82) is 0 Å². The Morgan fingerprint density at radius 1 is 1.04 bits per heavy atom. The Kier molecular flexibility index (Phi) is 5.98. The van der Waals surface area contributed by atoms with Gasteiger partial charge in [-0.3, -0.25) is 0 Å². The summed E-state index contributed by atoms with van der Waals surface area (Å²) in [5, 5.41) is 10.7. The zero-order valence-electron chi connectivity index (χ0n) is 17.0. The number of sulfonamides is 1. The van der Waals surface area contributed by atoms with Gasteiger partial charge in [0.1, 0.15) is 0 Å². The van der Waals surface area contributed by atoms with Crippen molar-refractivity contribution in [1.82, 2.24) is 4.72 Å². The highest BCUT2D eigenvalue weighted by Gasteiger charge is 2.56. The summed E-state index contributed by atoms with van der Waals surface area (Å²) in [5.74, 6) is -0.0509. The van der Waals surface area contributed by atoms with Gasteiger partial charge in [-0.1, -0.05) is 31.0 Å². The van der Waals surface area contributed by atoms with E-state index in [1.54, 1.807) is 32.9 Å². The molecule has 0 aromatic heterocycles. The van der Waals surface area contributed by atoms with Crippen molar-refractivity contribution >= 4 is 19.8 Å². The minimum atomic E-state index is -3.64. The van der Waals surface area contributed by atoms with Crippen LogP contribution in [0.3, 0.4) is 0 Å². The van der Waals surface area contributed by atoms with Gasteiger partial charge in [-0.15, -0.1) is 0 Å². The highest BCUT2D eigenvalue weighted by Crippen LogP contribution is 2.47. The van der Waals surface area contributed by atoms with E-state index in [1.807, 2.05) is 18.2 Å². The van der Waals surface area contributed by atoms with Crippen LogP contribution in [0.4, 0.5) is 0 Å². The molecule has 6 nitrogen and oxygen atoms in total. The number of rotatable bonds is 4. The van der Waals surface area contributed by atoms with Gasteiger partial charge in [0, 0.05) is 11.9 Å². The molecule has 2 aliphatic rings. The van der Waals surface area contributed by atoms with E-state index in [4.69, 9.17) is 0 Å². The summed E-state index contributed by atoms with van der Waals surface area (Å²) in [6, 6.07) is 8.43. The summed E-state index contributed by atoms with van der Waals surface area (Å²) in [7, 11) is -4.99. The molecular formula is C20H32N2O4S2. The molecule has 2 saturated carbocycles. The third-order valence-electron chi connectivity index (χ3n) is 6.28. The largest absolute Gasteiger partial charge is 0.390 e. The average Bonchev–Trinajstić information content (AvgIpc) is 2.93. The number of nitrogens with one attached hydrogen (secondary N) is 1. The van der Waals surface area contributed by atoms with Gasteiger partial charge >= 0.3 is 0 Å². The molecule has 0 spiro atoms. The molecule has 0 unspecified atom stereocenters. The molecule has 28 heavy (non-hydrogen) atoms. The van der Waals surface area contributed by atoms with Gasteiger partial charge < -0.3 is 5.11 Å². The molecule has 2 fully saturated rings. The maximum Gasteiger partial charge on any atom is 0.216 e. The molecule has 2 aliphatic carbocycles. The van der Waals surface area contributed by atoms with Gasteiger partial charge in [-0.2, -0.15) is 0 Å². The molecule has 0 amide bonds. The van der Waals surface area contributed by atoms with Crippen LogP contribution in [-0.4, -0.2) is 46.9 Å². The molecule has 3 rings (SSSR count). The highest BCUT2D eigenvalue weighted by atomic mass is 32.2. The van der Waals surface area contributed by atoms with Gasteiger partial charge in [0.25, 0.3) is 0 Å². The number of benzene rings is 1. The lowest BCUT2D eigenvalue weighted by atomic mass is 9.80. The van der Waals surface area contributed by atoms with E-state index < -0.39 is 41.9 Å². The van der Waals surface area contributed by atoms with Gasteiger partial charge in [-0.05, 0) is 57.6 Å². The molecule has 1 aromatic carbocycles. The second-order valence-corrected chi connectivity index (χ2v) is 13.9. The van der Waals surface area contributed by atoms with Crippen molar-refractivity contribution in [2.24, 2.45) is 16.2 Å². The van der Waals surface area contributed by atoms with Crippen LogP contribution in [0.2, 0.25) is 0 Å². The smallest absolute Gasteiger partial charge is 0.216 e. The van der Waals surface area contributed by atoms with Crippen LogP contribution in [-0.2, 0) is 19.8 Å². The third kappa shape index (κ3) is 3.64. The van der Waals surface area contributed by atoms with E-state index in [0.717, 1.165) is 25.7 Å². The minimum absolute atomic E-state index is 0.0205. The summed E-state index contributed by atoms with van der Waals surface area (Å²) in [6.45, 7) is 4.92. The summed E-state index contributed by atoms with van der Waals surface area (Å²) < 4.78 is 45.7. The fraction of sp³-hybridized carbons (Fsp3) is 0.700. The normalized spacial score (nSPS) is 33.1. The number of fused-ring (bicyclic) bond motifs is 1. The predicted molar refractivity (Wildman–Crippen MR) is 112 cm³/mol. The Balaban J connectivity index is 2.05. The molecule has 8 heteroatoms. The first-order valence-corrected chi connectivity index (χ1v) is 13.0. The zero-order chi connectivity index (χ0) is 20.7. The van der Waals surface area contributed by atoms with Gasteiger partial charge in [0.2, 0.25) is 10.0 Å². The molecule has 0 radical (unpaired) electrons. The Hall–Kier alpha value is -0.960. The second-order valence-electron chi connectivity index (χ2n) is 8.89. The lowest BCUT2D eigenvalue weighted by Crippen LogP contribution is -2.51. The second kappa shape index (κ2) is 7.70. The van der Waals surface area contributed by atoms with Crippen LogP contribution in [0.25, 0.3) is 0 Å². The van der Waals surface area contributed by atoms with Crippen molar-refractivity contribution in [2.45, 2.75) is 73.5 Å². The molecule has 0 saturated heterocycles. The number of aliphatic hydroxyl groups is 1. The topological polar surface area (TPSA) is 95.8 Å². The predicted octanol–water partition coefficient (Wildman–Crippen LogP) is 2.78. The number of nitrogens with zero attached hydrogens (tertiary/aromatic N) is 1. The van der Waals surface area contributed by atoms with Crippen molar-refractivity contribution in [3.8, 4) is 0 Å². The Bertz CT molecular complexity index is 915. The van der Waals surface area contributed by atoms with Crippen LogP contribution >= 0.6 is 0 Å². The fourth-order valence-electron chi connectivity index (χ4n) is 4.69. The lowest BCUT2D eigenvalue weighted by molar-refractivity contribution is 0.149. The maximum absolute atomic E-state index is 14.0. The molecular weight excluding hydrogens is 396 g/mol. The highest BCUT2D eigenvalue weighted by molar-refractivity contribution is 7.94. The molecule has 0 bridgehead atoms. The Morgan fingerprint density at radius 2 is 1.61 bits per heavy atom. The van der Waals surface area contributed by atoms with Crippen LogP contribution in [0.5, 0.6) is 0 Å². The standard InChI is InChI=1S/C20H32N2O4S2/c1-20(2,3)28(25,26)22-17-15-12-8-9-13-16(15)19(18(17)23)27(24,21-4)14-10-6-5-7-11-14/h5-7,10-11,15-19,22-23H,8-9,12-13H2,1-4H3/t15-,16+,17+,18+,19-,27-/m1/s1. The first kappa shape index (κ1) is 21.7. The summed E-state index contributed by atoms with van der Waals surface area (Å²) in [5.41, 5.74) is 0. The van der Waals surface area contributed by atoms with Crippen molar-refractivity contribution < 1.29 is 17.7 Å². The van der Waals surface area contributed by atoms with Crippen LogP contribution < -0.4 is 4.72 Å².